The van der Waals surface area contributed by atoms with Crippen LogP contribution in [-0.2, 0) is 6.54 Å². The van der Waals surface area contributed by atoms with Gasteiger partial charge in [-0.05, 0) is 36.8 Å². The maximum absolute atomic E-state index is 10.2. The first kappa shape index (κ1) is 16.4. The summed E-state index contributed by atoms with van der Waals surface area (Å²) in [6.45, 7) is 3.52. The van der Waals surface area contributed by atoms with E-state index in [-0.39, 0.29) is 0 Å². The molecule has 0 aliphatic heterocycles. The Balaban J connectivity index is 1.90. The van der Waals surface area contributed by atoms with Gasteiger partial charge in [-0.3, -0.25) is 0 Å². The monoisotopic (exact) mass is 321 g/mol. The van der Waals surface area contributed by atoms with Crippen molar-refractivity contribution in [2.24, 2.45) is 4.99 Å². The first-order valence-electron chi connectivity index (χ1n) is 7.17. The number of hydrogen-bond donors (Lipinski definition) is 3. The fraction of sp³-hybridized carbons (Fsp3) is 0.312. The summed E-state index contributed by atoms with van der Waals surface area (Å²) in [4.78, 5) is 4.40. The molecule has 1 atom stereocenters. The van der Waals surface area contributed by atoms with Crippen LogP contribution in [-0.4, -0.2) is 24.2 Å². The molecule has 0 aliphatic carbocycles. The van der Waals surface area contributed by atoms with Crippen molar-refractivity contribution in [1.29, 1.82) is 0 Å². The summed E-state index contributed by atoms with van der Waals surface area (Å²) in [5, 5.41) is 17.1. The molecule has 2 aromatic rings. The number of hydrogen-bond acceptors (Lipinski definition) is 3. The van der Waals surface area contributed by atoms with Gasteiger partial charge in [0.05, 0.1) is 12.4 Å². The molecule has 0 spiro atoms. The van der Waals surface area contributed by atoms with Gasteiger partial charge in [-0.25, -0.2) is 4.99 Å². The number of halogens is 1. The van der Waals surface area contributed by atoms with Crippen LogP contribution in [0.25, 0.3) is 0 Å². The third-order valence-electron chi connectivity index (χ3n) is 3.03. The van der Waals surface area contributed by atoms with Crippen LogP contribution < -0.4 is 10.6 Å². The molecule has 6 heteroatoms. The van der Waals surface area contributed by atoms with Gasteiger partial charge < -0.3 is 20.2 Å². The molecular weight excluding hydrogens is 302 g/mol. The van der Waals surface area contributed by atoms with Gasteiger partial charge >= 0.3 is 0 Å². The summed E-state index contributed by atoms with van der Waals surface area (Å²) in [6, 6.07) is 10.8. The Labute approximate surface area is 135 Å². The zero-order valence-electron chi connectivity index (χ0n) is 12.4. The minimum absolute atomic E-state index is 0.353. The highest BCUT2D eigenvalue weighted by atomic mass is 35.5. The molecule has 22 heavy (non-hydrogen) atoms. The quantitative estimate of drug-likeness (QED) is 0.565. The third kappa shape index (κ3) is 5.09. The molecule has 1 heterocycles. The highest BCUT2D eigenvalue weighted by molar-refractivity contribution is 6.30. The molecule has 0 aliphatic rings. The van der Waals surface area contributed by atoms with Crippen molar-refractivity contribution in [3.63, 3.8) is 0 Å². The number of nitrogens with zero attached hydrogens (tertiary/aromatic N) is 1. The molecular formula is C16H20ClN3O2. The Morgan fingerprint density at radius 3 is 2.68 bits per heavy atom. The van der Waals surface area contributed by atoms with E-state index in [4.69, 9.17) is 16.0 Å². The number of benzene rings is 1. The van der Waals surface area contributed by atoms with Gasteiger partial charge in [-0.15, -0.1) is 0 Å². The summed E-state index contributed by atoms with van der Waals surface area (Å²) >= 11 is 5.84. The van der Waals surface area contributed by atoms with E-state index in [0.717, 1.165) is 17.9 Å². The van der Waals surface area contributed by atoms with Crippen LogP contribution in [0.15, 0.2) is 52.1 Å². The number of nitrogens with one attached hydrogen (secondary N) is 2. The topological polar surface area (TPSA) is 69.8 Å². The standard InChI is InChI=1S/C16H20ClN3O2/c1-2-18-16(19-10-14-4-3-9-22-14)20-11-15(21)12-5-7-13(17)8-6-12/h3-9,15,21H,2,10-11H2,1H3,(H2,18,19,20). The van der Waals surface area contributed by atoms with Crippen molar-refractivity contribution in [1.82, 2.24) is 10.6 Å². The zero-order chi connectivity index (χ0) is 15.8. The fourth-order valence-corrected chi connectivity index (χ4v) is 2.02. The van der Waals surface area contributed by atoms with Crippen LogP contribution >= 0.6 is 11.6 Å². The summed E-state index contributed by atoms with van der Waals surface area (Å²) in [5.41, 5.74) is 0.804. The molecule has 0 saturated heterocycles. The fourth-order valence-electron chi connectivity index (χ4n) is 1.90. The van der Waals surface area contributed by atoms with E-state index in [0.29, 0.717) is 24.1 Å². The van der Waals surface area contributed by atoms with Gasteiger partial charge in [0.2, 0.25) is 0 Å². The highest BCUT2D eigenvalue weighted by Gasteiger charge is 2.08. The largest absolute Gasteiger partial charge is 0.467 e. The SMILES string of the molecule is CCNC(=NCc1ccco1)NCC(O)c1ccc(Cl)cc1. The molecule has 0 radical (unpaired) electrons. The number of aliphatic imine (C=N–C) groups is 1. The first-order valence-corrected chi connectivity index (χ1v) is 7.55. The van der Waals surface area contributed by atoms with Gasteiger partial charge in [0.1, 0.15) is 12.3 Å². The number of rotatable bonds is 6. The zero-order valence-corrected chi connectivity index (χ0v) is 13.2. The smallest absolute Gasteiger partial charge is 0.191 e. The van der Waals surface area contributed by atoms with Crippen LogP contribution in [0.3, 0.4) is 0 Å². The van der Waals surface area contributed by atoms with E-state index in [9.17, 15) is 5.11 Å². The van der Waals surface area contributed by atoms with E-state index in [1.54, 1.807) is 18.4 Å². The van der Waals surface area contributed by atoms with Gasteiger partial charge in [0.25, 0.3) is 0 Å². The molecule has 118 valence electrons. The Bertz CT molecular complexity index is 582. The molecule has 1 unspecified atom stereocenters. The lowest BCUT2D eigenvalue weighted by Gasteiger charge is -2.15. The van der Waals surface area contributed by atoms with Crippen molar-refractivity contribution >= 4 is 17.6 Å². The van der Waals surface area contributed by atoms with E-state index < -0.39 is 6.10 Å². The highest BCUT2D eigenvalue weighted by Crippen LogP contribution is 2.15. The van der Waals surface area contributed by atoms with Crippen molar-refractivity contribution in [3.05, 3.63) is 59.0 Å². The number of aliphatic hydroxyl groups excluding tert-OH is 1. The Morgan fingerprint density at radius 2 is 2.05 bits per heavy atom. The average molecular weight is 322 g/mol. The number of guanidine groups is 1. The minimum Gasteiger partial charge on any atom is -0.467 e. The molecule has 3 N–H and O–H groups in total. The summed E-state index contributed by atoms with van der Waals surface area (Å²) in [5.74, 6) is 1.42. The lowest BCUT2D eigenvalue weighted by molar-refractivity contribution is 0.181. The molecule has 1 aromatic carbocycles. The van der Waals surface area contributed by atoms with Gasteiger partial charge in [-0.2, -0.15) is 0 Å². The van der Waals surface area contributed by atoms with Crippen LogP contribution in [0, 0.1) is 0 Å². The van der Waals surface area contributed by atoms with Crippen LogP contribution in [0.5, 0.6) is 0 Å². The van der Waals surface area contributed by atoms with Gasteiger partial charge in [0, 0.05) is 18.1 Å². The van der Waals surface area contributed by atoms with Gasteiger partial charge in [-0.1, -0.05) is 23.7 Å². The maximum atomic E-state index is 10.2. The number of aliphatic hydroxyl groups is 1. The Hall–Kier alpha value is -1.98. The molecule has 2 rings (SSSR count). The predicted molar refractivity (Wildman–Crippen MR) is 87.9 cm³/mol. The van der Waals surface area contributed by atoms with Crippen LogP contribution in [0.4, 0.5) is 0 Å². The van der Waals surface area contributed by atoms with Crippen LogP contribution in [0.2, 0.25) is 5.02 Å². The minimum atomic E-state index is -0.635. The average Bonchev–Trinajstić information content (AvgIpc) is 3.04. The second kappa shape index (κ2) is 8.46. The normalized spacial score (nSPS) is 13.0. The van der Waals surface area contributed by atoms with Gasteiger partial charge in [0.15, 0.2) is 5.96 Å². The van der Waals surface area contributed by atoms with Crippen molar-refractivity contribution < 1.29 is 9.52 Å². The lowest BCUT2D eigenvalue weighted by Crippen LogP contribution is -2.39. The second-order valence-electron chi connectivity index (χ2n) is 4.72. The van der Waals surface area contributed by atoms with Crippen molar-refractivity contribution in [2.75, 3.05) is 13.1 Å². The molecule has 0 bridgehead atoms. The summed E-state index contributed by atoms with van der Waals surface area (Å²) < 4.78 is 5.24. The van der Waals surface area contributed by atoms with E-state index in [1.165, 1.54) is 0 Å². The van der Waals surface area contributed by atoms with Crippen molar-refractivity contribution in [2.45, 2.75) is 19.6 Å². The van der Waals surface area contributed by atoms with E-state index in [2.05, 4.69) is 15.6 Å². The maximum Gasteiger partial charge on any atom is 0.191 e. The molecule has 5 nitrogen and oxygen atoms in total. The first-order chi connectivity index (χ1) is 10.7. The predicted octanol–water partition coefficient (Wildman–Crippen LogP) is 2.72. The summed E-state index contributed by atoms with van der Waals surface area (Å²) in [6.07, 6.45) is 0.986. The molecule has 1 aromatic heterocycles. The van der Waals surface area contributed by atoms with E-state index in [1.807, 2.05) is 31.2 Å². The molecule has 0 saturated carbocycles. The second-order valence-corrected chi connectivity index (χ2v) is 5.16. The van der Waals surface area contributed by atoms with E-state index >= 15 is 0 Å². The summed E-state index contributed by atoms with van der Waals surface area (Å²) in [7, 11) is 0. The Morgan fingerprint density at radius 1 is 1.27 bits per heavy atom. The lowest BCUT2D eigenvalue weighted by atomic mass is 10.1. The van der Waals surface area contributed by atoms with Crippen molar-refractivity contribution in [3.8, 4) is 0 Å². The molecule has 0 amide bonds. The number of furan rings is 1. The third-order valence-corrected chi connectivity index (χ3v) is 3.29. The van der Waals surface area contributed by atoms with Crippen LogP contribution in [0.1, 0.15) is 24.4 Å². The molecule has 0 fully saturated rings. The Kier molecular flexibility index (Phi) is 6.30.